The quantitative estimate of drug-likeness (QED) is 0.0755. The minimum absolute atomic E-state index is 0.155. The number of carbonyl (C=O) groups is 2. The number of fused-ring (bicyclic) bond motifs is 1. The van der Waals surface area contributed by atoms with Gasteiger partial charge in [-0.1, -0.05) is 64.6 Å². The predicted molar refractivity (Wildman–Crippen MR) is 170 cm³/mol. The molecule has 2 N–H and O–H groups in total. The van der Waals surface area contributed by atoms with E-state index in [1.54, 1.807) is 54.6 Å². The second kappa shape index (κ2) is 13.0. The Kier molecular flexibility index (Phi) is 9.13. The highest BCUT2D eigenvalue weighted by atomic mass is 35.5. The largest absolute Gasteiger partial charge is 0.496 e. The Hall–Kier alpha value is -4.21. The van der Waals surface area contributed by atoms with E-state index in [9.17, 15) is 9.59 Å². The fourth-order valence-corrected chi connectivity index (χ4v) is 5.41. The summed E-state index contributed by atoms with van der Waals surface area (Å²) in [6.07, 6.45) is 1.41. The molecule has 0 atom stereocenters. The number of halogens is 4. The van der Waals surface area contributed by atoms with Crippen molar-refractivity contribution in [3.05, 3.63) is 110 Å². The summed E-state index contributed by atoms with van der Waals surface area (Å²) in [6.45, 7) is 0. The van der Waals surface area contributed by atoms with E-state index in [1.165, 1.54) is 32.6 Å². The molecule has 5 aromatic rings. The Morgan fingerprint density at radius 2 is 1.56 bits per heavy atom. The van der Waals surface area contributed by atoms with Crippen LogP contribution < -0.4 is 19.6 Å². The molecule has 43 heavy (non-hydrogen) atoms. The summed E-state index contributed by atoms with van der Waals surface area (Å²) in [5, 5.41) is 6.25. The fraction of sp³-hybridized carbons (Fsp3) is 0.0645. The zero-order valence-electron chi connectivity index (χ0n) is 22.5. The highest BCUT2D eigenvalue weighted by Gasteiger charge is 2.23. The van der Waals surface area contributed by atoms with Crippen LogP contribution in [-0.4, -0.2) is 37.3 Å². The van der Waals surface area contributed by atoms with Crippen LogP contribution in [0.5, 0.6) is 17.2 Å². The molecule has 4 aromatic carbocycles. The van der Waals surface area contributed by atoms with E-state index in [0.29, 0.717) is 53.4 Å². The molecule has 0 aliphatic heterocycles. The molecule has 1 heterocycles. The highest BCUT2D eigenvalue weighted by molar-refractivity contribution is 6.41. The van der Waals surface area contributed by atoms with E-state index in [4.69, 9.17) is 60.6 Å². The Labute approximate surface area is 266 Å². The maximum Gasteiger partial charge on any atom is 0.347 e. The standard InChI is InChI=1S/C31H21Cl4N3O5/c1-41-24-10-8-17(32)12-20(24)31(40)43-25-9-7-16(11-26(25)42-2)15-36-38-30(39)29-27(19-5-3-4-6-21(19)34)28-22(35)13-18(33)14-23(28)37-29/h3-15,37H,1-2H3,(H,38,39). The Bertz CT molecular complexity index is 1900. The summed E-state index contributed by atoms with van der Waals surface area (Å²) < 4.78 is 16.2. The molecule has 8 nitrogen and oxygen atoms in total. The van der Waals surface area contributed by atoms with Crippen molar-refractivity contribution >= 4 is 75.4 Å². The van der Waals surface area contributed by atoms with E-state index >= 15 is 0 Å². The second-order valence-electron chi connectivity index (χ2n) is 9.01. The molecule has 1 amide bonds. The molecular weight excluding hydrogens is 636 g/mol. The number of rotatable bonds is 8. The van der Waals surface area contributed by atoms with Crippen LogP contribution in [0, 0.1) is 0 Å². The third-order valence-corrected chi connectivity index (χ3v) is 7.42. The summed E-state index contributed by atoms with van der Waals surface area (Å²) >= 11 is 25.3. The molecule has 0 saturated carbocycles. The summed E-state index contributed by atoms with van der Waals surface area (Å²) in [5.74, 6) is -0.490. The van der Waals surface area contributed by atoms with Crippen molar-refractivity contribution in [3.63, 3.8) is 0 Å². The number of hydrogen-bond donors (Lipinski definition) is 2. The number of ether oxygens (including phenoxy) is 3. The lowest BCUT2D eigenvalue weighted by Gasteiger charge is -2.12. The van der Waals surface area contributed by atoms with Gasteiger partial charge in [0.25, 0.3) is 5.91 Å². The Morgan fingerprint density at radius 1 is 0.814 bits per heavy atom. The van der Waals surface area contributed by atoms with Gasteiger partial charge in [-0.2, -0.15) is 5.10 Å². The van der Waals surface area contributed by atoms with Gasteiger partial charge in [0, 0.05) is 37.1 Å². The van der Waals surface area contributed by atoms with Crippen molar-refractivity contribution in [1.29, 1.82) is 0 Å². The first kappa shape index (κ1) is 30.3. The number of nitrogens with zero attached hydrogens (tertiary/aromatic N) is 1. The Balaban J connectivity index is 1.39. The zero-order valence-corrected chi connectivity index (χ0v) is 25.5. The molecule has 12 heteroatoms. The topological polar surface area (TPSA) is 102 Å². The smallest absolute Gasteiger partial charge is 0.347 e. The van der Waals surface area contributed by atoms with Gasteiger partial charge >= 0.3 is 5.97 Å². The molecule has 0 aliphatic carbocycles. The molecule has 0 unspecified atom stereocenters. The maximum atomic E-state index is 13.3. The van der Waals surface area contributed by atoms with Crippen molar-refractivity contribution in [2.24, 2.45) is 5.10 Å². The molecule has 0 bridgehead atoms. The van der Waals surface area contributed by atoms with Gasteiger partial charge in [-0.15, -0.1) is 0 Å². The predicted octanol–water partition coefficient (Wildman–Crippen LogP) is 8.45. The lowest BCUT2D eigenvalue weighted by molar-refractivity contribution is 0.0726. The van der Waals surface area contributed by atoms with Gasteiger partial charge in [-0.25, -0.2) is 10.2 Å². The summed E-state index contributed by atoms with van der Waals surface area (Å²) in [5.41, 5.74) is 5.11. The number of esters is 1. The molecule has 5 rings (SSSR count). The van der Waals surface area contributed by atoms with Gasteiger partial charge in [0.05, 0.1) is 25.5 Å². The van der Waals surface area contributed by atoms with E-state index < -0.39 is 11.9 Å². The molecule has 0 fully saturated rings. The van der Waals surface area contributed by atoms with Crippen molar-refractivity contribution in [1.82, 2.24) is 10.4 Å². The SMILES string of the molecule is COc1cc(C=NNC(=O)c2[nH]c3cc(Cl)cc(Cl)c3c2-c2ccccc2Cl)ccc1OC(=O)c1cc(Cl)ccc1OC. The summed E-state index contributed by atoms with van der Waals surface area (Å²) in [4.78, 5) is 29.2. The number of H-pyrrole nitrogens is 1. The first-order valence-electron chi connectivity index (χ1n) is 12.5. The van der Waals surface area contributed by atoms with Gasteiger partial charge in [0.1, 0.15) is 17.0 Å². The highest BCUT2D eigenvalue weighted by Crippen LogP contribution is 2.41. The van der Waals surface area contributed by atoms with Crippen molar-refractivity contribution < 1.29 is 23.8 Å². The Morgan fingerprint density at radius 3 is 2.30 bits per heavy atom. The average Bonchev–Trinajstić information content (AvgIpc) is 3.37. The van der Waals surface area contributed by atoms with Gasteiger partial charge in [-0.05, 0) is 60.2 Å². The molecule has 218 valence electrons. The molecule has 0 radical (unpaired) electrons. The first-order chi connectivity index (χ1) is 20.7. The monoisotopic (exact) mass is 655 g/mol. The molecular formula is C31H21Cl4N3O5. The average molecular weight is 657 g/mol. The van der Waals surface area contributed by atoms with Crippen molar-refractivity contribution in [2.45, 2.75) is 0 Å². The molecule has 0 spiro atoms. The minimum atomic E-state index is -0.680. The van der Waals surface area contributed by atoms with Crippen LogP contribution in [0.25, 0.3) is 22.0 Å². The van der Waals surface area contributed by atoms with Crippen molar-refractivity contribution in [3.8, 4) is 28.4 Å². The fourth-order valence-electron chi connectivity index (χ4n) is 4.42. The summed E-state index contributed by atoms with van der Waals surface area (Å²) in [6, 6.07) is 19.8. The lowest BCUT2D eigenvalue weighted by Crippen LogP contribution is -2.19. The van der Waals surface area contributed by atoms with Crippen LogP contribution in [0.2, 0.25) is 20.1 Å². The van der Waals surface area contributed by atoms with Crippen LogP contribution in [0.1, 0.15) is 26.4 Å². The third kappa shape index (κ3) is 6.43. The van der Waals surface area contributed by atoms with Crippen LogP contribution in [-0.2, 0) is 0 Å². The molecule has 0 saturated heterocycles. The number of aromatic amines is 1. The van der Waals surface area contributed by atoms with Crippen LogP contribution >= 0.6 is 46.4 Å². The zero-order chi connectivity index (χ0) is 30.7. The van der Waals surface area contributed by atoms with Crippen molar-refractivity contribution in [2.75, 3.05) is 14.2 Å². The van der Waals surface area contributed by atoms with Crippen LogP contribution in [0.15, 0.2) is 77.9 Å². The maximum absolute atomic E-state index is 13.3. The number of hydrazone groups is 1. The first-order valence-corrected chi connectivity index (χ1v) is 14.0. The van der Waals surface area contributed by atoms with E-state index in [1.807, 2.05) is 6.07 Å². The number of benzene rings is 4. The number of aromatic nitrogens is 1. The lowest BCUT2D eigenvalue weighted by atomic mass is 10.0. The second-order valence-corrected chi connectivity index (χ2v) is 10.7. The van der Waals surface area contributed by atoms with Gasteiger partial charge in [-0.3, -0.25) is 4.79 Å². The van der Waals surface area contributed by atoms with Crippen LogP contribution in [0.3, 0.4) is 0 Å². The summed E-state index contributed by atoms with van der Waals surface area (Å²) in [7, 11) is 2.87. The number of amides is 1. The molecule has 0 aliphatic rings. The van der Waals surface area contributed by atoms with E-state index in [-0.39, 0.29) is 22.8 Å². The molecule has 1 aromatic heterocycles. The number of carbonyl (C=O) groups excluding carboxylic acids is 2. The number of methoxy groups -OCH3 is 2. The normalized spacial score (nSPS) is 11.1. The van der Waals surface area contributed by atoms with E-state index in [0.717, 1.165) is 0 Å². The van der Waals surface area contributed by atoms with Gasteiger partial charge < -0.3 is 19.2 Å². The third-order valence-electron chi connectivity index (χ3n) is 6.34. The van der Waals surface area contributed by atoms with Gasteiger partial charge in [0.15, 0.2) is 11.5 Å². The van der Waals surface area contributed by atoms with Crippen LogP contribution in [0.4, 0.5) is 0 Å². The number of nitrogens with one attached hydrogen (secondary N) is 2. The van der Waals surface area contributed by atoms with Gasteiger partial charge in [0.2, 0.25) is 0 Å². The minimum Gasteiger partial charge on any atom is -0.496 e. The number of hydrogen-bond acceptors (Lipinski definition) is 6. The van der Waals surface area contributed by atoms with E-state index in [2.05, 4.69) is 15.5 Å².